The molecule has 4 aromatic rings. The van der Waals surface area contributed by atoms with Gasteiger partial charge in [-0.2, -0.15) is 5.10 Å². The molecule has 0 aliphatic rings. The molecule has 0 saturated carbocycles. The standard InChI is InChI=1S/C25H23Cl2N3O2/c1-31-21-9-4-17(5-10-21)23(13-19-3-8-20(26)14-24(19)27)25(30-16-28-15-29-30)18-6-11-22(32-2)12-7-18/h3-12,14-16,23,25H,13H2,1-2H3. The Labute approximate surface area is 197 Å². The molecular weight excluding hydrogens is 445 g/mol. The molecule has 164 valence electrons. The maximum Gasteiger partial charge on any atom is 0.137 e. The minimum atomic E-state index is -0.122. The maximum absolute atomic E-state index is 6.57. The third-order valence-electron chi connectivity index (χ3n) is 5.56. The Kier molecular flexibility index (Phi) is 6.98. The Bertz CT molecular complexity index is 1150. The second kappa shape index (κ2) is 10.1. The van der Waals surface area contributed by atoms with Gasteiger partial charge in [0.1, 0.15) is 24.2 Å². The van der Waals surface area contributed by atoms with Crippen molar-refractivity contribution in [2.75, 3.05) is 14.2 Å². The highest BCUT2D eigenvalue weighted by atomic mass is 35.5. The van der Waals surface area contributed by atoms with Crippen molar-refractivity contribution in [2.45, 2.75) is 18.4 Å². The molecule has 0 radical (unpaired) electrons. The molecule has 0 N–H and O–H groups in total. The molecule has 1 aromatic heterocycles. The predicted molar refractivity (Wildman–Crippen MR) is 127 cm³/mol. The Hall–Kier alpha value is -3.02. The summed E-state index contributed by atoms with van der Waals surface area (Å²) in [6.07, 6.45) is 3.98. The van der Waals surface area contributed by atoms with Gasteiger partial charge in [-0.15, -0.1) is 0 Å². The third kappa shape index (κ3) is 4.90. The molecular formula is C25H23Cl2N3O2. The van der Waals surface area contributed by atoms with Gasteiger partial charge in [0.25, 0.3) is 0 Å². The number of hydrogen-bond donors (Lipinski definition) is 0. The van der Waals surface area contributed by atoms with Gasteiger partial charge in [-0.25, -0.2) is 9.67 Å². The topological polar surface area (TPSA) is 49.2 Å². The lowest BCUT2D eigenvalue weighted by molar-refractivity contribution is 0.409. The van der Waals surface area contributed by atoms with Crippen LogP contribution in [0.4, 0.5) is 0 Å². The van der Waals surface area contributed by atoms with Crippen LogP contribution in [0.15, 0.2) is 79.4 Å². The lowest BCUT2D eigenvalue weighted by atomic mass is 9.82. The van der Waals surface area contributed by atoms with E-state index in [0.717, 1.165) is 28.2 Å². The van der Waals surface area contributed by atoms with Gasteiger partial charge < -0.3 is 9.47 Å². The first-order chi connectivity index (χ1) is 15.6. The summed E-state index contributed by atoms with van der Waals surface area (Å²) in [5.74, 6) is 1.61. The van der Waals surface area contributed by atoms with E-state index in [-0.39, 0.29) is 12.0 Å². The van der Waals surface area contributed by atoms with Crippen LogP contribution in [-0.4, -0.2) is 29.0 Å². The minimum Gasteiger partial charge on any atom is -0.497 e. The molecule has 2 unspecified atom stereocenters. The number of halogens is 2. The Morgan fingerprint density at radius 3 is 2.00 bits per heavy atom. The number of hydrogen-bond acceptors (Lipinski definition) is 4. The predicted octanol–water partition coefficient (Wildman–Crippen LogP) is 6.22. The van der Waals surface area contributed by atoms with Gasteiger partial charge in [0.15, 0.2) is 0 Å². The molecule has 3 aromatic carbocycles. The van der Waals surface area contributed by atoms with Crippen molar-refractivity contribution in [1.82, 2.24) is 14.8 Å². The number of benzene rings is 3. The Morgan fingerprint density at radius 1 is 0.844 bits per heavy atom. The molecule has 32 heavy (non-hydrogen) atoms. The highest BCUT2D eigenvalue weighted by Gasteiger charge is 2.28. The maximum atomic E-state index is 6.57. The van der Waals surface area contributed by atoms with Gasteiger partial charge in [0, 0.05) is 16.0 Å². The van der Waals surface area contributed by atoms with Gasteiger partial charge in [0.2, 0.25) is 0 Å². The van der Waals surface area contributed by atoms with Gasteiger partial charge in [-0.05, 0) is 59.5 Å². The second-order valence-corrected chi connectivity index (χ2v) is 8.26. The molecule has 2 atom stereocenters. The van der Waals surface area contributed by atoms with E-state index >= 15 is 0 Å². The minimum absolute atomic E-state index is 0.00896. The zero-order valence-electron chi connectivity index (χ0n) is 17.8. The number of ether oxygens (including phenoxy) is 2. The van der Waals surface area contributed by atoms with Crippen molar-refractivity contribution in [3.8, 4) is 11.5 Å². The van der Waals surface area contributed by atoms with Crippen LogP contribution in [0.3, 0.4) is 0 Å². The van der Waals surface area contributed by atoms with Crippen molar-refractivity contribution in [3.05, 3.63) is 106 Å². The first-order valence-corrected chi connectivity index (χ1v) is 10.9. The van der Waals surface area contributed by atoms with Crippen LogP contribution in [0.2, 0.25) is 10.0 Å². The fourth-order valence-corrected chi connectivity index (χ4v) is 4.40. The third-order valence-corrected chi connectivity index (χ3v) is 6.15. The van der Waals surface area contributed by atoms with Crippen LogP contribution in [-0.2, 0) is 6.42 Å². The van der Waals surface area contributed by atoms with E-state index in [0.29, 0.717) is 16.5 Å². The molecule has 0 aliphatic heterocycles. The quantitative estimate of drug-likeness (QED) is 0.308. The van der Waals surface area contributed by atoms with Crippen LogP contribution in [0.1, 0.15) is 28.7 Å². The highest BCUT2D eigenvalue weighted by Crippen LogP contribution is 2.39. The first-order valence-electron chi connectivity index (χ1n) is 10.1. The lowest BCUT2D eigenvalue weighted by Gasteiger charge is -2.29. The monoisotopic (exact) mass is 467 g/mol. The number of aromatic nitrogens is 3. The summed E-state index contributed by atoms with van der Waals surface area (Å²) in [5, 5.41) is 5.74. The van der Waals surface area contributed by atoms with Gasteiger partial charge in [-0.1, -0.05) is 53.5 Å². The van der Waals surface area contributed by atoms with Crippen molar-refractivity contribution in [1.29, 1.82) is 0 Å². The zero-order valence-corrected chi connectivity index (χ0v) is 19.3. The van der Waals surface area contributed by atoms with E-state index in [1.54, 1.807) is 32.9 Å². The number of methoxy groups -OCH3 is 2. The second-order valence-electron chi connectivity index (χ2n) is 7.41. The zero-order chi connectivity index (χ0) is 22.5. The fraction of sp³-hybridized carbons (Fsp3) is 0.200. The average molecular weight is 468 g/mol. The van der Waals surface area contributed by atoms with Crippen LogP contribution >= 0.6 is 23.2 Å². The molecule has 0 aliphatic carbocycles. The molecule has 0 spiro atoms. The molecule has 7 heteroatoms. The smallest absolute Gasteiger partial charge is 0.137 e. The summed E-state index contributed by atoms with van der Waals surface area (Å²) in [6.45, 7) is 0. The summed E-state index contributed by atoms with van der Waals surface area (Å²) in [4.78, 5) is 4.21. The highest BCUT2D eigenvalue weighted by molar-refractivity contribution is 6.35. The van der Waals surface area contributed by atoms with Crippen LogP contribution in [0.25, 0.3) is 0 Å². The van der Waals surface area contributed by atoms with Crippen molar-refractivity contribution < 1.29 is 9.47 Å². The molecule has 0 fully saturated rings. The first kappa shape index (κ1) is 22.2. The average Bonchev–Trinajstić information content (AvgIpc) is 3.35. The largest absolute Gasteiger partial charge is 0.497 e. The summed E-state index contributed by atoms with van der Waals surface area (Å²) >= 11 is 12.7. The van der Waals surface area contributed by atoms with Gasteiger partial charge in [-0.3, -0.25) is 0 Å². The van der Waals surface area contributed by atoms with Crippen LogP contribution in [0.5, 0.6) is 11.5 Å². The van der Waals surface area contributed by atoms with E-state index in [2.05, 4.69) is 34.3 Å². The normalized spacial score (nSPS) is 12.9. The van der Waals surface area contributed by atoms with Gasteiger partial charge >= 0.3 is 0 Å². The summed E-state index contributed by atoms with van der Waals surface area (Å²) in [5.41, 5.74) is 3.23. The van der Waals surface area contributed by atoms with Crippen molar-refractivity contribution >= 4 is 23.2 Å². The van der Waals surface area contributed by atoms with Crippen molar-refractivity contribution in [2.24, 2.45) is 0 Å². The molecule has 0 bridgehead atoms. The Morgan fingerprint density at radius 2 is 1.47 bits per heavy atom. The van der Waals surface area contributed by atoms with E-state index in [4.69, 9.17) is 32.7 Å². The van der Waals surface area contributed by atoms with Crippen molar-refractivity contribution in [3.63, 3.8) is 0 Å². The fourth-order valence-electron chi connectivity index (χ4n) is 3.92. The SMILES string of the molecule is COc1ccc(C(Cc2ccc(Cl)cc2Cl)C(c2ccc(OC)cc2)n2cncn2)cc1. The lowest BCUT2D eigenvalue weighted by Crippen LogP contribution is -2.22. The molecule has 0 amide bonds. The van der Waals surface area contributed by atoms with Gasteiger partial charge in [0.05, 0.1) is 20.3 Å². The molecule has 0 saturated heterocycles. The van der Waals surface area contributed by atoms with Crippen LogP contribution in [0, 0.1) is 0 Å². The number of nitrogens with zero attached hydrogens (tertiary/aromatic N) is 3. The summed E-state index contributed by atoms with van der Waals surface area (Å²) in [6, 6.07) is 21.7. The molecule has 4 rings (SSSR count). The number of rotatable bonds is 8. The van der Waals surface area contributed by atoms with E-state index in [9.17, 15) is 0 Å². The Balaban J connectivity index is 1.83. The van der Waals surface area contributed by atoms with E-state index in [1.807, 2.05) is 41.1 Å². The molecule has 1 heterocycles. The summed E-state index contributed by atoms with van der Waals surface area (Å²) in [7, 11) is 3.32. The van der Waals surface area contributed by atoms with Crippen LogP contribution < -0.4 is 9.47 Å². The van der Waals surface area contributed by atoms with E-state index < -0.39 is 0 Å². The summed E-state index contributed by atoms with van der Waals surface area (Å²) < 4.78 is 12.6. The molecule has 5 nitrogen and oxygen atoms in total. The van der Waals surface area contributed by atoms with E-state index in [1.165, 1.54) is 0 Å².